The summed E-state index contributed by atoms with van der Waals surface area (Å²) in [6.45, 7) is 5.86. The van der Waals surface area contributed by atoms with E-state index in [2.05, 4.69) is 15.9 Å². The molecule has 0 radical (unpaired) electrons. The smallest absolute Gasteiger partial charge is 0.162 e. The minimum atomic E-state index is 0.186. The molecule has 13 heavy (non-hydrogen) atoms. The Balaban J connectivity index is 0.000000671. The van der Waals surface area contributed by atoms with Crippen LogP contribution in [0.25, 0.3) is 0 Å². The highest BCUT2D eigenvalue weighted by Gasteiger charge is 2.01. The number of benzene rings is 1. The van der Waals surface area contributed by atoms with E-state index in [1.54, 1.807) is 0 Å². The van der Waals surface area contributed by atoms with Crippen LogP contribution in [0.3, 0.4) is 0 Å². The molecule has 0 unspecified atom stereocenters. The van der Waals surface area contributed by atoms with Crippen molar-refractivity contribution in [2.75, 3.05) is 0 Å². The second-order valence-corrected chi connectivity index (χ2v) is 3.20. The van der Waals surface area contributed by atoms with Gasteiger partial charge in [-0.1, -0.05) is 48.8 Å². The number of carbonyl (C=O) groups excluding carboxylic acids is 1. The van der Waals surface area contributed by atoms with Crippen molar-refractivity contribution in [3.63, 3.8) is 0 Å². The van der Waals surface area contributed by atoms with Crippen molar-refractivity contribution in [1.82, 2.24) is 0 Å². The fourth-order valence-corrected chi connectivity index (χ4v) is 1.27. The lowest BCUT2D eigenvalue weighted by molar-refractivity contribution is 0.0988. The summed E-state index contributed by atoms with van der Waals surface area (Å²) in [5.41, 5.74) is 0.780. The highest BCUT2D eigenvalue weighted by molar-refractivity contribution is 9.10. The highest BCUT2D eigenvalue weighted by atomic mass is 79.9. The summed E-state index contributed by atoms with van der Waals surface area (Å²) in [6, 6.07) is 7.45. The molecular weight excluding hydrogens is 228 g/mol. The summed E-state index contributed by atoms with van der Waals surface area (Å²) >= 11 is 3.31. The van der Waals surface area contributed by atoms with Crippen molar-refractivity contribution in [2.45, 2.75) is 27.2 Å². The summed E-state index contributed by atoms with van der Waals surface area (Å²) in [5, 5.41) is 0. The Morgan fingerprint density at radius 1 is 1.38 bits per heavy atom. The van der Waals surface area contributed by atoms with Gasteiger partial charge in [0.1, 0.15) is 0 Å². The number of hydrogen-bond donors (Lipinski definition) is 0. The standard InChI is InChI=1S/C9H9BrO.C2H6/c1-2-9(11)7-4-3-5-8(10)6-7;1-2/h3-6H,2H2,1H3;1-2H3. The Morgan fingerprint density at radius 3 is 2.46 bits per heavy atom. The van der Waals surface area contributed by atoms with E-state index in [1.807, 2.05) is 45.0 Å². The van der Waals surface area contributed by atoms with Gasteiger partial charge < -0.3 is 0 Å². The SMILES string of the molecule is CC.CCC(=O)c1cccc(Br)c1. The van der Waals surface area contributed by atoms with E-state index in [1.165, 1.54) is 0 Å². The first-order valence-corrected chi connectivity index (χ1v) is 5.32. The number of hydrogen-bond acceptors (Lipinski definition) is 1. The molecule has 1 aromatic carbocycles. The van der Waals surface area contributed by atoms with Gasteiger partial charge in [-0.3, -0.25) is 4.79 Å². The molecule has 0 fully saturated rings. The maximum Gasteiger partial charge on any atom is 0.162 e. The normalized spacial score (nSPS) is 8.62. The van der Waals surface area contributed by atoms with Gasteiger partial charge in [0.25, 0.3) is 0 Å². The Bertz CT molecular complexity index is 269. The van der Waals surface area contributed by atoms with Crippen LogP contribution in [0.15, 0.2) is 28.7 Å². The molecule has 0 spiro atoms. The molecule has 0 aromatic heterocycles. The van der Waals surface area contributed by atoms with Crippen LogP contribution in [0.5, 0.6) is 0 Å². The third kappa shape index (κ3) is 4.23. The largest absolute Gasteiger partial charge is 0.294 e. The molecule has 0 heterocycles. The zero-order chi connectivity index (χ0) is 10.3. The predicted molar refractivity (Wildman–Crippen MR) is 60.1 cm³/mol. The molecule has 1 aromatic rings. The zero-order valence-corrected chi connectivity index (χ0v) is 9.89. The van der Waals surface area contributed by atoms with Gasteiger partial charge in [-0.15, -0.1) is 0 Å². The monoisotopic (exact) mass is 242 g/mol. The number of rotatable bonds is 2. The fraction of sp³-hybridized carbons (Fsp3) is 0.364. The van der Waals surface area contributed by atoms with Crippen LogP contribution in [0.1, 0.15) is 37.6 Å². The minimum absolute atomic E-state index is 0.186. The van der Waals surface area contributed by atoms with Gasteiger partial charge >= 0.3 is 0 Å². The fourth-order valence-electron chi connectivity index (χ4n) is 0.866. The van der Waals surface area contributed by atoms with E-state index >= 15 is 0 Å². The lowest BCUT2D eigenvalue weighted by atomic mass is 10.1. The molecule has 1 rings (SSSR count). The van der Waals surface area contributed by atoms with E-state index in [4.69, 9.17) is 0 Å². The van der Waals surface area contributed by atoms with E-state index in [-0.39, 0.29) is 5.78 Å². The average molecular weight is 243 g/mol. The lowest BCUT2D eigenvalue weighted by Crippen LogP contribution is -1.94. The molecule has 0 aliphatic carbocycles. The molecule has 2 heteroatoms. The van der Waals surface area contributed by atoms with Crippen molar-refractivity contribution in [3.05, 3.63) is 34.3 Å². The van der Waals surface area contributed by atoms with Gasteiger partial charge in [0.05, 0.1) is 0 Å². The molecule has 1 nitrogen and oxygen atoms in total. The number of ketones is 1. The Morgan fingerprint density at radius 2 is 2.00 bits per heavy atom. The summed E-state index contributed by atoms with van der Waals surface area (Å²) in [7, 11) is 0. The third-order valence-corrected chi connectivity index (χ3v) is 1.96. The van der Waals surface area contributed by atoms with Gasteiger partial charge in [-0.2, -0.15) is 0 Å². The Hall–Kier alpha value is -0.630. The second-order valence-electron chi connectivity index (χ2n) is 2.29. The summed E-state index contributed by atoms with van der Waals surface area (Å²) < 4.78 is 0.955. The summed E-state index contributed by atoms with van der Waals surface area (Å²) in [5.74, 6) is 0.186. The molecule has 0 aliphatic rings. The Kier molecular flexibility index (Phi) is 6.51. The molecule has 0 amide bonds. The van der Waals surface area contributed by atoms with Crippen molar-refractivity contribution in [3.8, 4) is 0 Å². The van der Waals surface area contributed by atoms with Crippen molar-refractivity contribution in [1.29, 1.82) is 0 Å². The molecule has 72 valence electrons. The van der Waals surface area contributed by atoms with E-state index in [0.29, 0.717) is 6.42 Å². The highest BCUT2D eigenvalue weighted by Crippen LogP contribution is 2.12. The van der Waals surface area contributed by atoms with Crippen LogP contribution in [0, 0.1) is 0 Å². The minimum Gasteiger partial charge on any atom is -0.294 e. The van der Waals surface area contributed by atoms with Crippen LogP contribution in [-0.2, 0) is 0 Å². The van der Waals surface area contributed by atoms with E-state index in [9.17, 15) is 4.79 Å². The third-order valence-electron chi connectivity index (χ3n) is 1.47. The maximum absolute atomic E-state index is 11.1. The lowest BCUT2D eigenvalue weighted by Gasteiger charge is -1.96. The van der Waals surface area contributed by atoms with Gasteiger partial charge in [0.15, 0.2) is 5.78 Å². The van der Waals surface area contributed by atoms with Crippen LogP contribution in [0.4, 0.5) is 0 Å². The first-order chi connectivity index (χ1) is 6.24. The summed E-state index contributed by atoms with van der Waals surface area (Å²) in [6.07, 6.45) is 0.566. The van der Waals surface area contributed by atoms with Crippen LogP contribution in [-0.4, -0.2) is 5.78 Å². The number of halogens is 1. The summed E-state index contributed by atoms with van der Waals surface area (Å²) in [4.78, 5) is 11.1. The van der Waals surface area contributed by atoms with Crippen LogP contribution >= 0.6 is 15.9 Å². The Labute approximate surface area is 88.3 Å². The first kappa shape index (κ1) is 12.4. The quantitative estimate of drug-likeness (QED) is 0.715. The van der Waals surface area contributed by atoms with Crippen molar-refractivity contribution >= 4 is 21.7 Å². The average Bonchev–Trinajstić information content (AvgIpc) is 2.20. The molecule has 0 N–H and O–H groups in total. The number of Topliss-reactive ketones (excluding diaryl/α,β-unsaturated/α-hetero) is 1. The molecular formula is C11H15BrO. The van der Waals surface area contributed by atoms with Gasteiger partial charge in [-0.25, -0.2) is 0 Å². The molecule has 0 saturated carbocycles. The first-order valence-electron chi connectivity index (χ1n) is 4.53. The van der Waals surface area contributed by atoms with Gasteiger partial charge in [-0.05, 0) is 12.1 Å². The second kappa shape index (κ2) is 6.84. The maximum atomic E-state index is 11.1. The topological polar surface area (TPSA) is 17.1 Å². The van der Waals surface area contributed by atoms with Crippen molar-refractivity contribution < 1.29 is 4.79 Å². The van der Waals surface area contributed by atoms with E-state index < -0.39 is 0 Å². The predicted octanol–water partition coefficient (Wildman–Crippen LogP) is 4.07. The van der Waals surface area contributed by atoms with Crippen LogP contribution < -0.4 is 0 Å². The molecule has 0 saturated heterocycles. The van der Waals surface area contributed by atoms with Crippen LogP contribution in [0.2, 0.25) is 0 Å². The zero-order valence-electron chi connectivity index (χ0n) is 8.30. The van der Waals surface area contributed by atoms with Gasteiger partial charge in [0, 0.05) is 16.5 Å². The molecule has 0 bridgehead atoms. The van der Waals surface area contributed by atoms with Crippen molar-refractivity contribution in [2.24, 2.45) is 0 Å². The van der Waals surface area contributed by atoms with Gasteiger partial charge in [0.2, 0.25) is 0 Å². The number of carbonyl (C=O) groups is 1. The van der Waals surface area contributed by atoms with E-state index in [0.717, 1.165) is 10.0 Å². The molecule has 0 aliphatic heterocycles. The molecule has 0 atom stereocenters.